The van der Waals surface area contributed by atoms with Crippen LogP contribution in [0.2, 0.25) is 0 Å². The van der Waals surface area contributed by atoms with E-state index in [1.54, 1.807) is 0 Å². The van der Waals surface area contributed by atoms with Gasteiger partial charge >= 0.3 is 0 Å². The van der Waals surface area contributed by atoms with Crippen LogP contribution in [0.1, 0.15) is 58.8 Å². The van der Waals surface area contributed by atoms with Crippen molar-refractivity contribution in [3.05, 3.63) is 0 Å². The van der Waals surface area contributed by atoms with Crippen molar-refractivity contribution in [3.8, 4) is 0 Å². The van der Waals surface area contributed by atoms with Crippen LogP contribution in [0.4, 0.5) is 0 Å². The van der Waals surface area contributed by atoms with E-state index in [9.17, 15) is 0 Å². The van der Waals surface area contributed by atoms with Gasteiger partial charge in [0.25, 0.3) is 0 Å². The van der Waals surface area contributed by atoms with E-state index in [-0.39, 0.29) is 6.61 Å². The molecule has 0 aromatic carbocycles. The SMILES string of the molecule is CCCNC(CCO)CN(C)C1CCC(CC)CC1. The maximum atomic E-state index is 9.17. The standard InChI is InChI=1S/C16H34N2O/c1-4-11-17-15(10-12-19)13-18(3)16-8-6-14(5-2)7-9-16/h14-17,19H,4-13H2,1-3H3. The molecule has 0 radical (unpaired) electrons. The molecule has 1 atom stereocenters. The van der Waals surface area contributed by atoms with E-state index in [0.717, 1.165) is 37.9 Å². The molecule has 0 saturated heterocycles. The monoisotopic (exact) mass is 270 g/mol. The van der Waals surface area contributed by atoms with Gasteiger partial charge in [0.2, 0.25) is 0 Å². The molecular weight excluding hydrogens is 236 g/mol. The third-order valence-corrected chi connectivity index (χ3v) is 4.69. The Morgan fingerprint density at radius 2 is 1.89 bits per heavy atom. The number of likely N-dealkylation sites (N-methyl/N-ethyl adjacent to an activating group) is 1. The number of rotatable bonds is 9. The van der Waals surface area contributed by atoms with E-state index in [1.807, 2.05) is 0 Å². The summed E-state index contributed by atoms with van der Waals surface area (Å²) in [6, 6.07) is 1.20. The molecule has 1 aliphatic rings. The maximum absolute atomic E-state index is 9.17. The molecule has 0 spiro atoms. The minimum Gasteiger partial charge on any atom is -0.396 e. The van der Waals surface area contributed by atoms with Crippen LogP contribution >= 0.6 is 0 Å². The second-order valence-corrected chi connectivity index (χ2v) is 6.19. The van der Waals surface area contributed by atoms with Crippen LogP contribution in [0.15, 0.2) is 0 Å². The van der Waals surface area contributed by atoms with Gasteiger partial charge < -0.3 is 15.3 Å². The Balaban J connectivity index is 2.32. The molecule has 19 heavy (non-hydrogen) atoms. The first-order valence-electron chi connectivity index (χ1n) is 8.25. The van der Waals surface area contributed by atoms with Gasteiger partial charge in [-0.25, -0.2) is 0 Å². The summed E-state index contributed by atoms with van der Waals surface area (Å²) in [6.07, 6.45) is 8.89. The summed E-state index contributed by atoms with van der Waals surface area (Å²) < 4.78 is 0. The van der Waals surface area contributed by atoms with Crippen LogP contribution < -0.4 is 5.32 Å². The molecule has 114 valence electrons. The van der Waals surface area contributed by atoms with Gasteiger partial charge in [0.15, 0.2) is 0 Å². The third kappa shape index (κ3) is 6.24. The summed E-state index contributed by atoms with van der Waals surface area (Å²) in [5.41, 5.74) is 0. The second kappa shape index (κ2) is 9.73. The summed E-state index contributed by atoms with van der Waals surface area (Å²) in [4.78, 5) is 2.52. The first-order chi connectivity index (χ1) is 9.21. The minimum atomic E-state index is 0.289. The van der Waals surface area contributed by atoms with Crippen molar-refractivity contribution < 1.29 is 5.11 Å². The van der Waals surface area contributed by atoms with E-state index in [2.05, 4.69) is 31.1 Å². The summed E-state index contributed by atoms with van der Waals surface area (Å²) >= 11 is 0. The lowest BCUT2D eigenvalue weighted by Gasteiger charge is -2.36. The Bertz CT molecular complexity index is 215. The van der Waals surface area contributed by atoms with Crippen LogP contribution in [-0.4, -0.2) is 48.8 Å². The summed E-state index contributed by atoms with van der Waals surface area (Å²) in [7, 11) is 2.26. The van der Waals surface area contributed by atoms with Crippen molar-refractivity contribution in [2.45, 2.75) is 70.9 Å². The molecule has 1 saturated carbocycles. The average molecular weight is 270 g/mol. The number of aliphatic hydroxyl groups is 1. The van der Waals surface area contributed by atoms with E-state index in [4.69, 9.17) is 5.11 Å². The normalized spacial score (nSPS) is 25.7. The van der Waals surface area contributed by atoms with Crippen LogP contribution in [-0.2, 0) is 0 Å². The van der Waals surface area contributed by atoms with E-state index >= 15 is 0 Å². The zero-order valence-corrected chi connectivity index (χ0v) is 13.2. The largest absolute Gasteiger partial charge is 0.396 e. The van der Waals surface area contributed by atoms with Gasteiger partial charge in [-0.2, -0.15) is 0 Å². The number of nitrogens with one attached hydrogen (secondary N) is 1. The summed E-state index contributed by atoms with van der Waals surface area (Å²) in [5.74, 6) is 0.969. The first-order valence-corrected chi connectivity index (χ1v) is 8.25. The van der Waals surface area contributed by atoms with Gasteiger partial charge in [0.1, 0.15) is 0 Å². The first kappa shape index (κ1) is 16.9. The van der Waals surface area contributed by atoms with Crippen molar-refractivity contribution in [3.63, 3.8) is 0 Å². The van der Waals surface area contributed by atoms with Crippen LogP contribution in [0.5, 0.6) is 0 Å². The second-order valence-electron chi connectivity index (χ2n) is 6.19. The van der Waals surface area contributed by atoms with E-state index < -0.39 is 0 Å². The fourth-order valence-electron chi connectivity index (χ4n) is 3.25. The van der Waals surface area contributed by atoms with E-state index in [1.165, 1.54) is 32.1 Å². The zero-order chi connectivity index (χ0) is 14.1. The Hall–Kier alpha value is -0.120. The molecule has 0 amide bonds. The van der Waals surface area contributed by atoms with Crippen LogP contribution in [0, 0.1) is 5.92 Å². The van der Waals surface area contributed by atoms with Crippen LogP contribution in [0.25, 0.3) is 0 Å². The molecule has 1 rings (SSSR count). The smallest absolute Gasteiger partial charge is 0.0446 e. The predicted molar refractivity (Wildman–Crippen MR) is 82.5 cm³/mol. The molecule has 1 fully saturated rings. The number of nitrogens with zero attached hydrogens (tertiary/aromatic N) is 1. The predicted octanol–water partition coefficient (Wildman–Crippen LogP) is 2.64. The van der Waals surface area contributed by atoms with E-state index in [0.29, 0.717) is 6.04 Å². The molecule has 2 N–H and O–H groups in total. The molecule has 1 unspecified atom stereocenters. The molecule has 0 aromatic heterocycles. The fourth-order valence-corrected chi connectivity index (χ4v) is 3.25. The lowest BCUT2D eigenvalue weighted by molar-refractivity contribution is 0.142. The Kier molecular flexibility index (Phi) is 8.67. The van der Waals surface area contributed by atoms with Gasteiger partial charge in [-0.1, -0.05) is 20.3 Å². The third-order valence-electron chi connectivity index (χ3n) is 4.69. The molecule has 3 nitrogen and oxygen atoms in total. The highest BCUT2D eigenvalue weighted by molar-refractivity contribution is 4.80. The molecule has 0 aromatic rings. The van der Waals surface area contributed by atoms with Gasteiger partial charge in [0, 0.05) is 25.2 Å². The summed E-state index contributed by atoms with van der Waals surface area (Å²) in [6.45, 7) is 6.93. The lowest BCUT2D eigenvalue weighted by atomic mass is 9.84. The zero-order valence-electron chi connectivity index (χ0n) is 13.2. The Morgan fingerprint density at radius 1 is 1.21 bits per heavy atom. The number of aliphatic hydroxyl groups excluding tert-OH is 1. The average Bonchev–Trinajstić information content (AvgIpc) is 2.45. The molecule has 0 bridgehead atoms. The molecule has 1 aliphatic carbocycles. The molecule has 3 heteroatoms. The van der Waals surface area contributed by atoms with Crippen molar-refractivity contribution in [1.82, 2.24) is 10.2 Å². The highest BCUT2D eigenvalue weighted by Gasteiger charge is 2.24. The lowest BCUT2D eigenvalue weighted by Crippen LogP contribution is -2.45. The van der Waals surface area contributed by atoms with Crippen molar-refractivity contribution in [1.29, 1.82) is 0 Å². The minimum absolute atomic E-state index is 0.289. The van der Waals surface area contributed by atoms with Gasteiger partial charge in [-0.3, -0.25) is 0 Å². The van der Waals surface area contributed by atoms with Crippen molar-refractivity contribution in [2.75, 3.05) is 26.7 Å². The summed E-state index contributed by atoms with van der Waals surface area (Å²) in [5, 5.41) is 12.7. The van der Waals surface area contributed by atoms with Crippen molar-refractivity contribution >= 4 is 0 Å². The van der Waals surface area contributed by atoms with Gasteiger partial charge in [-0.15, -0.1) is 0 Å². The highest BCUT2D eigenvalue weighted by atomic mass is 16.3. The molecule has 0 aliphatic heterocycles. The number of hydrogen-bond acceptors (Lipinski definition) is 3. The topological polar surface area (TPSA) is 35.5 Å². The quantitative estimate of drug-likeness (QED) is 0.676. The molecular formula is C16H34N2O. The Morgan fingerprint density at radius 3 is 2.42 bits per heavy atom. The van der Waals surface area contributed by atoms with Crippen molar-refractivity contribution in [2.24, 2.45) is 5.92 Å². The Labute approximate surface area is 119 Å². The van der Waals surface area contributed by atoms with Crippen LogP contribution in [0.3, 0.4) is 0 Å². The number of hydrogen-bond donors (Lipinski definition) is 2. The fraction of sp³-hybridized carbons (Fsp3) is 1.00. The van der Waals surface area contributed by atoms with Gasteiger partial charge in [-0.05, 0) is 58.0 Å². The molecule has 0 heterocycles. The van der Waals surface area contributed by atoms with Gasteiger partial charge in [0.05, 0.1) is 0 Å². The highest BCUT2D eigenvalue weighted by Crippen LogP contribution is 2.28. The maximum Gasteiger partial charge on any atom is 0.0446 e.